The van der Waals surface area contributed by atoms with Crippen LogP contribution in [-0.2, 0) is 5.41 Å². The molecule has 0 N–H and O–H groups in total. The monoisotopic (exact) mass is 600 g/mol. The lowest BCUT2D eigenvalue weighted by atomic mass is 9.57. The molecule has 2 atom stereocenters. The largest absolute Gasteiger partial charge is 0.102 e. The van der Waals surface area contributed by atoms with Gasteiger partial charge in [-0.2, -0.15) is 0 Å². The fraction of sp³-hybridized carbons (Fsp3) is 0.378. The zero-order valence-corrected chi connectivity index (χ0v) is 30.8. The molecule has 0 aromatic heterocycles. The molecule has 0 nitrogen and oxygen atoms in total. The van der Waals surface area contributed by atoms with Crippen LogP contribution in [0.25, 0.3) is 11.6 Å². The Bertz CT molecular complexity index is 1550. The van der Waals surface area contributed by atoms with Gasteiger partial charge in [0.05, 0.1) is 0 Å². The quantitative estimate of drug-likeness (QED) is 0.216. The summed E-state index contributed by atoms with van der Waals surface area (Å²) < 4.78 is 0. The second-order valence-corrected chi connectivity index (χ2v) is 14.4. The first-order valence-electron chi connectivity index (χ1n) is 16.6. The Morgan fingerprint density at radius 2 is 1.29 bits per heavy atom. The van der Waals surface area contributed by atoms with Crippen molar-refractivity contribution in [3.8, 4) is 0 Å². The summed E-state index contributed by atoms with van der Waals surface area (Å²) in [6.07, 6.45) is 28.7. The third-order valence-electron chi connectivity index (χ3n) is 9.49. The van der Waals surface area contributed by atoms with Gasteiger partial charge in [-0.25, -0.2) is 0 Å². The first kappa shape index (κ1) is 37.5. The normalized spacial score (nSPS) is 24.8. The van der Waals surface area contributed by atoms with Crippen LogP contribution in [0.1, 0.15) is 105 Å². The van der Waals surface area contributed by atoms with Crippen molar-refractivity contribution in [3.63, 3.8) is 0 Å². The molecule has 2 aliphatic carbocycles. The van der Waals surface area contributed by atoms with Gasteiger partial charge in [0, 0.05) is 10.8 Å². The molecule has 0 amide bonds. The molecule has 240 valence electrons. The molecule has 1 aromatic carbocycles. The van der Waals surface area contributed by atoms with Crippen LogP contribution in [0.15, 0.2) is 133 Å². The van der Waals surface area contributed by atoms with Gasteiger partial charge in [-0.05, 0) is 106 Å². The van der Waals surface area contributed by atoms with Gasteiger partial charge in [0.15, 0.2) is 0 Å². The third-order valence-corrected chi connectivity index (χ3v) is 9.49. The Morgan fingerprint density at radius 1 is 0.756 bits per heavy atom. The van der Waals surface area contributed by atoms with Crippen LogP contribution >= 0.6 is 0 Å². The first-order chi connectivity index (χ1) is 21.0. The standard InChI is InChI=1S/C43H54.C2H6/c1-15-20-31(21-16-2)37-27-35-28-42(13,41(10,11)12)29-39(43(35,14)19-5)38(32(22-17-3)23-18-4)25-33-24-34(40(7,8)9)26-36(37)30(33)6;1-2/h15-29H,1,3,5H2,2,4,6-14H3;1-2H3/b21-16-,23-18-,31-20+,32-22+,37-27-,38-25-;. The predicted molar refractivity (Wildman–Crippen MR) is 205 cm³/mol. The summed E-state index contributed by atoms with van der Waals surface area (Å²) >= 11 is 0. The summed E-state index contributed by atoms with van der Waals surface area (Å²) in [6.45, 7) is 41.6. The predicted octanol–water partition coefficient (Wildman–Crippen LogP) is 13.6. The van der Waals surface area contributed by atoms with Gasteiger partial charge in [0.2, 0.25) is 0 Å². The van der Waals surface area contributed by atoms with Crippen LogP contribution in [0.3, 0.4) is 0 Å². The minimum atomic E-state index is -0.434. The van der Waals surface area contributed by atoms with Crippen molar-refractivity contribution in [2.45, 2.75) is 95.4 Å². The van der Waals surface area contributed by atoms with E-state index < -0.39 is 5.41 Å². The van der Waals surface area contributed by atoms with E-state index in [-0.39, 0.29) is 16.2 Å². The van der Waals surface area contributed by atoms with Crippen molar-refractivity contribution < 1.29 is 0 Å². The van der Waals surface area contributed by atoms with Crippen LogP contribution in [0.5, 0.6) is 0 Å². The molecule has 0 radical (unpaired) electrons. The van der Waals surface area contributed by atoms with Gasteiger partial charge in [-0.3, -0.25) is 0 Å². The highest BCUT2D eigenvalue weighted by Crippen LogP contribution is 2.56. The van der Waals surface area contributed by atoms with E-state index in [1.165, 1.54) is 44.5 Å². The Hall–Kier alpha value is -3.64. The Morgan fingerprint density at radius 3 is 1.73 bits per heavy atom. The van der Waals surface area contributed by atoms with Crippen LogP contribution in [0, 0.1) is 23.2 Å². The van der Waals surface area contributed by atoms with E-state index in [0.29, 0.717) is 0 Å². The highest BCUT2D eigenvalue weighted by atomic mass is 14.5. The minimum Gasteiger partial charge on any atom is -0.102 e. The van der Waals surface area contributed by atoms with E-state index in [4.69, 9.17) is 0 Å². The van der Waals surface area contributed by atoms with Crippen LogP contribution in [0.2, 0.25) is 0 Å². The van der Waals surface area contributed by atoms with Gasteiger partial charge in [0.1, 0.15) is 0 Å². The third kappa shape index (κ3) is 7.61. The lowest BCUT2D eigenvalue weighted by molar-refractivity contribution is 0.219. The van der Waals surface area contributed by atoms with Crippen molar-refractivity contribution in [2.24, 2.45) is 16.2 Å². The first-order valence-corrected chi connectivity index (χ1v) is 16.6. The summed E-state index contributed by atoms with van der Waals surface area (Å²) in [5.74, 6) is 0. The Kier molecular flexibility index (Phi) is 12.2. The summed E-state index contributed by atoms with van der Waals surface area (Å²) in [7, 11) is 0. The van der Waals surface area contributed by atoms with Gasteiger partial charge >= 0.3 is 0 Å². The molecule has 0 heteroatoms. The zero-order valence-electron chi connectivity index (χ0n) is 30.8. The van der Waals surface area contributed by atoms with Crippen molar-refractivity contribution in [1.82, 2.24) is 0 Å². The molecule has 0 aliphatic heterocycles. The number of hydrogen-bond acceptors (Lipinski definition) is 0. The fourth-order valence-corrected chi connectivity index (χ4v) is 5.96. The molecule has 0 fully saturated rings. The summed E-state index contributed by atoms with van der Waals surface area (Å²) in [5, 5.41) is 0. The molecule has 2 aliphatic rings. The summed E-state index contributed by atoms with van der Waals surface area (Å²) in [5.41, 5.74) is 11.5. The molecule has 2 unspecified atom stereocenters. The molecular formula is C45H60. The average molecular weight is 601 g/mol. The van der Waals surface area contributed by atoms with E-state index in [9.17, 15) is 0 Å². The van der Waals surface area contributed by atoms with Gasteiger partial charge < -0.3 is 0 Å². The van der Waals surface area contributed by atoms with Crippen molar-refractivity contribution >= 4 is 11.6 Å². The molecule has 1 aromatic rings. The molecule has 0 saturated heterocycles. The van der Waals surface area contributed by atoms with E-state index in [2.05, 4.69) is 175 Å². The van der Waals surface area contributed by atoms with Crippen LogP contribution in [-0.4, -0.2) is 0 Å². The molecule has 45 heavy (non-hydrogen) atoms. The molecular weight excluding hydrogens is 540 g/mol. The molecule has 3 rings (SSSR count). The SMILES string of the molecule is C=C/C=C(\C=C/C)C1=C/c2cc(C(C)(C)C)cc(c2C)C(/C(/C=C\C)=C/C=C)=C\C2=CC(C)(C(C)(C)C)C=C\1C2(C)C=C.CC. The van der Waals surface area contributed by atoms with E-state index in [1.54, 1.807) is 0 Å². The van der Waals surface area contributed by atoms with Crippen molar-refractivity contribution in [1.29, 1.82) is 0 Å². The summed E-state index contributed by atoms with van der Waals surface area (Å²) in [6, 6.07) is 4.79. The van der Waals surface area contributed by atoms with E-state index in [1.807, 2.05) is 26.0 Å². The number of benzene rings is 1. The second kappa shape index (κ2) is 14.6. The van der Waals surface area contributed by atoms with Crippen LogP contribution < -0.4 is 0 Å². The number of fused-ring (bicyclic) bond motifs is 4. The van der Waals surface area contributed by atoms with E-state index in [0.717, 1.165) is 11.1 Å². The maximum Gasteiger partial charge on any atom is 0.0351 e. The van der Waals surface area contributed by atoms with E-state index >= 15 is 0 Å². The number of hydrogen-bond donors (Lipinski definition) is 0. The maximum atomic E-state index is 4.46. The van der Waals surface area contributed by atoms with Gasteiger partial charge in [0.25, 0.3) is 0 Å². The molecule has 0 heterocycles. The summed E-state index contributed by atoms with van der Waals surface area (Å²) in [4.78, 5) is 0. The lowest BCUT2D eigenvalue weighted by Crippen LogP contribution is -2.36. The van der Waals surface area contributed by atoms with Crippen molar-refractivity contribution in [2.75, 3.05) is 0 Å². The van der Waals surface area contributed by atoms with Crippen LogP contribution in [0.4, 0.5) is 0 Å². The topological polar surface area (TPSA) is 0 Å². The number of allylic oxidation sites excluding steroid dienone is 18. The Balaban J connectivity index is 0.00000345. The Labute approximate surface area is 277 Å². The molecule has 0 saturated carbocycles. The van der Waals surface area contributed by atoms with Gasteiger partial charge in [-0.1, -0.05) is 154 Å². The fourth-order valence-electron chi connectivity index (χ4n) is 5.96. The molecule has 0 spiro atoms. The molecule has 4 bridgehead atoms. The average Bonchev–Trinajstić information content (AvgIpc) is 2.96. The lowest BCUT2D eigenvalue weighted by Gasteiger charge is -2.47. The highest BCUT2D eigenvalue weighted by Gasteiger charge is 2.44. The van der Waals surface area contributed by atoms with Gasteiger partial charge in [-0.15, -0.1) is 6.58 Å². The number of rotatable bonds is 7. The zero-order chi connectivity index (χ0) is 34.4. The smallest absolute Gasteiger partial charge is 0.0351 e. The second-order valence-electron chi connectivity index (χ2n) is 14.4. The highest BCUT2D eigenvalue weighted by molar-refractivity contribution is 5.89. The minimum absolute atomic E-state index is 0.0229. The van der Waals surface area contributed by atoms with Crippen molar-refractivity contribution in [3.05, 3.63) is 155 Å². The maximum absolute atomic E-state index is 4.46.